The van der Waals surface area contributed by atoms with Crippen LogP contribution in [0.4, 0.5) is 0 Å². The summed E-state index contributed by atoms with van der Waals surface area (Å²) in [6.45, 7) is 0. The third-order valence-corrected chi connectivity index (χ3v) is 1.09. The lowest BCUT2D eigenvalue weighted by Crippen LogP contribution is -2.13. The van der Waals surface area contributed by atoms with Gasteiger partial charge >= 0.3 is 5.97 Å². The molecule has 0 spiro atoms. The average Bonchev–Trinajstić information content (AvgIpc) is 2.05. The van der Waals surface area contributed by atoms with E-state index in [1.54, 1.807) is 12.1 Å². The predicted octanol–water partition coefficient (Wildman–Crippen LogP) is 0.349. The molecule has 0 aromatic carbocycles. The van der Waals surface area contributed by atoms with Gasteiger partial charge in [-0.3, -0.25) is 9.78 Å². The van der Waals surface area contributed by atoms with Crippen LogP contribution in [0.25, 0.3) is 0 Å². The third-order valence-electron chi connectivity index (χ3n) is 1.09. The Labute approximate surface area is 62.5 Å². The van der Waals surface area contributed by atoms with E-state index in [2.05, 4.69) is 4.98 Å². The third kappa shape index (κ3) is 1.61. The van der Waals surface area contributed by atoms with Crippen molar-refractivity contribution in [1.82, 2.24) is 4.98 Å². The highest BCUT2D eigenvalue weighted by molar-refractivity contribution is 6.39. The van der Waals surface area contributed by atoms with Crippen LogP contribution >= 0.6 is 0 Å². The number of pyridine rings is 1. The maximum Gasteiger partial charge on any atom is 0.378 e. The Morgan fingerprint density at radius 2 is 2.09 bits per heavy atom. The number of hydrogen-bond donors (Lipinski definition) is 1. The highest BCUT2D eigenvalue weighted by Gasteiger charge is 2.14. The summed E-state index contributed by atoms with van der Waals surface area (Å²) in [5.74, 6) is -2.46. The van der Waals surface area contributed by atoms with E-state index in [1.807, 2.05) is 0 Å². The first-order valence-corrected chi connectivity index (χ1v) is 2.90. The van der Waals surface area contributed by atoms with E-state index in [-0.39, 0.29) is 5.69 Å². The van der Waals surface area contributed by atoms with Gasteiger partial charge in [-0.15, -0.1) is 0 Å². The van der Waals surface area contributed by atoms with Crippen LogP contribution in [0, 0.1) is 0 Å². The van der Waals surface area contributed by atoms with Gasteiger partial charge in [0.2, 0.25) is 0 Å². The Morgan fingerprint density at radius 1 is 1.36 bits per heavy atom. The van der Waals surface area contributed by atoms with Gasteiger partial charge in [-0.05, 0) is 12.1 Å². The number of rotatable bonds is 2. The number of nitrogens with zero attached hydrogens (tertiary/aromatic N) is 1. The Kier molecular flexibility index (Phi) is 1.96. The molecule has 1 heterocycles. The number of carboxylic acid groups (broad SMARTS) is 1. The zero-order valence-electron chi connectivity index (χ0n) is 5.52. The second-order valence-electron chi connectivity index (χ2n) is 1.85. The summed E-state index contributed by atoms with van der Waals surface area (Å²) in [7, 11) is 0. The Balaban J connectivity index is 2.95. The SMILES string of the molecule is O=C(O)C(=O)c1c[13cH]ccn1. The summed E-state index contributed by atoms with van der Waals surface area (Å²) in [4.78, 5) is 24.4. The van der Waals surface area contributed by atoms with Gasteiger partial charge in [0.1, 0.15) is 5.69 Å². The smallest absolute Gasteiger partial charge is 0.378 e. The van der Waals surface area contributed by atoms with Crippen molar-refractivity contribution in [2.24, 2.45) is 0 Å². The number of carbonyl (C=O) groups excluding carboxylic acids is 1. The van der Waals surface area contributed by atoms with Crippen molar-refractivity contribution in [1.29, 1.82) is 0 Å². The van der Waals surface area contributed by atoms with Gasteiger partial charge in [0.05, 0.1) is 0 Å². The largest absolute Gasteiger partial charge is 0.475 e. The van der Waals surface area contributed by atoms with Crippen molar-refractivity contribution in [3.8, 4) is 0 Å². The fourth-order valence-electron chi connectivity index (χ4n) is 0.607. The second-order valence-corrected chi connectivity index (χ2v) is 1.85. The summed E-state index contributed by atoms with van der Waals surface area (Å²) < 4.78 is 0. The fraction of sp³-hybridized carbons (Fsp3) is 0. The number of carbonyl (C=O) groups is 2. The zero-order valence-corrected chi connectivity index (χ0v) is 5.52. The van der Waals surface area contributed by atoms with Gasteiger partial charge in [-0.25, -0.2) is 4.79 Å². The molecule has 1 aromatic rings. The number of hydrogen-bond acceptors (Lipinski definition) is 3. The topological polar surface area (TPSA) is 67.3 Å². The lowest BCUT2D eigenvalue weighted by molar-refractivity contribution is -0.131. The first-order valence-electron chi connectivity index (χ1n) is 2.90. The summed E-state index contributed by atoms with van der Waals surface area (Å²) >= 11 is 0. The summed E-state index contributed by atoms with van der Waals surface area (Å²) in [5.41, 5.74) is -0.0417. The minimum absolute atomic E-state index is 0.0417. The summed E-state index contributed by atoms with van der Waals surface area (Å²) in [6.07, 6.45) is 1.37. The number of ketones is 1. The molecule has 4 nitrogen and oxygen atoms in total. The molecular weight excluding hydrogens is 147 g/mol. The molecule has 0 radical (unpaired) electrons. The molecule has 0 amide bonds. The van der Waals surface area contributed by atoms with Crippen molar-refractivity contribution in [2.75, 3.05) is 0 Å². The molecule has 0 saturated heterocycles. The Morgan fingerprint density at radius 3 is 2.55 bits per heavy atom. The fourth-order valence-corrected chi connectivity index (χ4v) is 0.607. The van der Waals surface area contributed by atoms with E-state index in [9.17, 15) is 9.59 Å². The van der Waals surface area contributed by atoms with E-state index in [1.165, 1.54) is 12.3 Å². The number of carboxylic acids is 1. The number of aromatic nitrogens is 1. The van der Waals surface area contributed by atoms with E-state index in [0.717, 1.165) is 0 Å². The van der Waals surface area contributed by atoms with Gasteiger partial charge in [0.15, 0.2) is 0 Å². The van der Waals surface area contributed by atoms with Crippen LogP contribution in [0.1, 0.15) is 10.5 Å². The molecule has 1 rings (SSSR count). The van der Waals surface area contributed by atoms with Gasteiger partial charge in [0.25, 0.3) is 5.78 Å². The summed E-state index contributed by atoms with van der Waals surface area (Å²) in [6, 6.07) is 4.53. The van der Waals surface area contributed by atoms with Crippen LogP contribution in [0.15, 0.2) is 24.4 Å². The molecule has 0 aliphatic carbocycles. The lowest BCUT2D eigenvalue weighted by atomic mass is 10.3. The maximum atomic E-state index is 10.7. The average molecular weight is 152 g/mol. The van der Waals surface area contributed by atoms with Gasteiger partial charge in [-0.2, -0.15) is 0 Å². The van der Waals surface area contributed by atoms with Crippen molar-refractivity contribution in [3.63, 3.8) is 0 Å². The molecule has 0 bridgehead atoms. The van der Waals surface area contributed by atoms with Gasteiger partial charge in [0, 0.05) is 6.20 Å². The van der Waals surface area contributed by atoms with Crippen LogP contribution in [-0.4, -0.2) is 21.8 Å². The molecule has 0 saturated carbocycles. The highest BCUT2D eigenvalue weighted by atomic mass is 16.4. The molecule has 0 unspecified atom stereocenters. The molecule has 1 N–H and O–H groups in total. The van der Waals surface area contributed by atoms with E-state index < -0.39 is 11.8 Å². The van der Waals surface area contributed by atoms with Crippen LogP contribution in [-0.2, 0) is 4.79 Å². The minimum Gasteiger partial charge on any atom is -0.475 e. The van der Waals surface area contributed by atoms with Crippen LogP contribution in [0.2, 0.25) is 0 Å². The van der Waals surface area contributed by atoms with Crippen molar-refractivity contribution < 1.29 is 14.7 Å². The molecule has 0 aliphatic heterocycles. The Bertz CT molecular complexity index is 281. The van der Waals surface area contributed by atoms with E-state index in [4.69, 9.17) is 5.11 Å². The van der Waals surface area contributed by atoms with Crippen LogP contribution in [0.3, 0.4) is 0 Å². The van der Waals surface area contributed by atoms with E-state index in [0.29, 0.717) is 0 Å². The minimum atomic E-state index is -1.48. The molecule has 11 heavy (non-hydrogen) atoms. The molecule has 0 aliphatic rings. The highest BCUT2D eigenvalue weighted by Crippen LogP contribution is 1.94. The van der Waals surface area contributed by atoms with Crippen LogP contribution in [0.5, 0.6) is 0 Å². The molecule has 56 valence electrons. The quantitative estimate of drug-likeness (QED) is 0.490. The van der Waals surface area contributed by atoms with Crippen molar-refractivity contribution in [3.05, 3.63) is 30.1 Å². The lowest BCUT2D eigenvalue weighted by Gasteiger charge is -1.90. The number of aliphatic carboxylic acids is 1. The normalized spacial score (nSPS) is 9.09. The van der Waals surface area contributed by atoms with Gasteiger partial charge < -0.3 is 5.11 Å². The summed E-state index contributed by atoms with van der Waals surface area (Å²) in [5, 5.41) is 8.25. The second kappa shape index (κ2) is 2.92. The number of Topliss-reactive ketones (excluding diaryl/α,β-unsaturated/α-hetero) is 1. The monoisotopic (exact) mass is 152 g/mol. The molecule has 0 fully saturated rings. The van der Waals surface area contributed by atoms with Gasteiger partial charge in [-0.1, -0.05) is 6.07 Å². The van der Waals surface area contributed by atoms with Crippen molar-refractivity contribution >= 4 is 11.8 Å². The van der Waals surface area contributed by atoms with E-state index >= 15 is 0 Å². The predicted molar refractivity (Wildman–Crippen MR) is 36.2 cm³/mol. The first kappa shape index (κ1) is 7.40. The standard InChI is InChI=1S/C7H5NO3/c9-6(7(10)11)5-3-1-2-4-8-5/h1-4H,(H,10,11)/i1+1. The molecule has 4 heteroatoms. The zero-order chi connectivity index (χ0) is 8.27. The molecule has 0 atom stereocenters. The van der Waals surface area contributed by atoms with Crippen LogP contribution < -0.4 is 0 Å². The van der Waals surface area contributed by atoms with Crippen molar-refractivity contribution in [2.45, 2.75) is 0 Å². The molecular formula is C7H5NO3. The Hall–Kier alpha value is -1.71. The maximum absolute atomic E-state index is 10.7. The molecule has 1 aromatic heterocycles. The first-order chi connectivity index (χ1) is 5.22.